The van der Waals surface area contributed by atoms with Crippen LogP contribution in [0.25, 0.3) is 22.5 Å². The van der Waals surface area contributed by atoms with Crippen LogP contribution in [0.1, 0.15) is 40.5 Å². The molecule has 0 bridgehead atoms. The second kappa shape index (κ2) is 8.84. The molecular weight excluding hydrogens is 455 g/mol. The zero-order chi connectivity index (χ0) is 25.6. The summed E-state index contributed by atoms with van der Waals surface area (Å²) in [5.41, 5.74) is 4.01. The van der Waals surface area contributed by atoms with Gasteiger partial charge in [0.2, 0.25) is 0 Å². The summed E-state index contributed by atoms with van der Waals surface area (Å²) in [6.07, 6.45) is 14.3. The van der Waals surface area contributed by atoms with Crippen LogP contribution in [0.15, 0.2) is 97.9 Å². The quantitative estimate of drug-likeness (QED) is 0.252. The summed E-state index contributed by atoms with van der Waals surface area (Å²) < 4.78 is 2.48. The molecular formula is C30H32BN6+. The summed E-state index contributed by atoms with van der Waals surface area (Å²) in [6, 6.07) is 20.8. The van der Waals surface area contributed by atoms with Crippen LogP contribution in [0.2, 0.25) is 5.31 Å². The molecule has 6 heterocycles. The smallest absolute Gasteiger partial charge is 0.331 e. The molecule has 6 rings (SSSR count). The number of hydrogen-bond donors (Lipinski definition) is 0. The molecule has 2 unspecified atom stereocenters. The molecule has 4 aromatic heterocycles. The van der Waals surface area contributed by atoms with E-state index >= 15 is 0 Å². The van der Waals surface area contributed by atoms with E-state index in [-0.39, 0.29) is 17.8 Å². The first-order chi connectivity index (χ1) is 18.0. The Kier molecular flexibility index (Phi) is 5.59. The molecule has 0 N–H and O–H groups in total. The van der Waals surface area contributed by atoms with Gasteiger partial charge in [-0.15, -0.1) is 0 Å². The van der Waals surface area contributed by atoms with E-state index in [9.17, 15) is 0 Å². The summed E-state index contributed by atoms with van der Waals surface area (Å²) in [4.78, 5) is 18.8. The standard InChI is InChI=1S/C30H32BN6/c1-5-29(3)30(4,6-2)35-18-14-24(26-12-8-10-16-33-26)22-28(35)37-20-19-36(31(29)37)27-21-23(13-17-34-27)25-11-7-9-15-32-25/h7-22H,5-6H2,1-4H3/q+1. The summed E-state index contributed by atoms with van der Waals surface area (Å²) in [7, 11) is 0. The molecule has 0 fully saturated rings. The Morgan fingerprint density at radius 1 is 0.757 bits per heavy atom. The summed E-state index contributed by atoms with van der Waals surface area (Å²) >= 11 is 0. The lowest BCUT2D eigenvalue weighted by molar-refractivity contribution is -0.758. The largest absolute Gasteiger partial charge is 0.517 e. The number of rotatable bonds is 5. The molecule has 0 spiro atoms. The maximum Gasteiger partial charge on any atom is 0.517 e. The van der Waals surface area contributed by atoms with Gasteiger partial charge in [0.25, 0.3) is 5.82 Å². The van der Waals surface area contributed by atoms with Gasteiger partial charge in [0.15, 0.2) is 0 Å². The highest BCUT2D eigenvalue weighted by Gasteiger charge is 2.68. The van der Waals surface area contributed by atoms with Gasteiger partial charge in [0, 0.05) is 42.0 Å². The van der Waals surface area contributed by atoms with Gasteiger partial charge in [0.05, 0.1) is 29.1 Å². The predicted molar refractivity (Wildman–Crippen MR) is 150 cm³/mol. The average molecular weight is 487 g/mol. The fourth-order valence-corrected chi connectivity index (χ4v) is 6.20. The Labute approximate surface area is 219 Å². The molecule has 0 aromatic carbocycles. The van der Waals surface area contributed by atoms with Crippen molar-refractivity contribution in [2.24, 2.45) is 0 Å². The van der Waals surface area contributed by atoms with Gasteiger partial charge in [-0.25, -0.2) is 9.55 Å². The van der Waals surface area contributed by atoms with Crippen LogP contribution < -0.4 is 14.2 Å². The Balaban J connectivity index is 1.50. The molecule has 184 valence electrons. The van der Waals surface area contributed by atoms with Gasteiger partial charge in [-0.1, -0.05) is 32.9 Å². The third-order valence-electron chi connectivity index (χ3n) is 8.80. The van der Waals surface area contributed by atoms with Crippen molar-refractivity contribution >= 4 is 18.6 Å². The second-order valence-corrected chi connectivity index (χ2v) is 10.4. The third kappa shape index (κ3) is 3.48. The van der Waals surface area contributed by atoms with E-state index < -0.39 is 0 Å². The van der Waals surface area contributed by atoms with Gasteiger partial charge in [0.1, 0.15) is 11.4 Å². The van der Waals surface area contributed by atoms with Crippen LogP contribution in [0.5, 0.6) is 0 Å². The van der Waals surface area contributed by atoms with Crippen molar-refractivity contribution in [3.63, 3.8) is 0 Å². The molecule has 2 aliphatic heterocycles. The lowest BCUT2D eigenvalue weighted by Crippen LogP contribution is -2.74. The van der Waals surface area contributed by atoms with Crippen LogP contribution in [0.3, 0.4) is 0 Å². The highest BCUT2D eigenvalue weighted by molar-refractivity contribution is 6.72. The molecule has 0 saturated heterocycles. The number of fused-ring (bicyclic) bond motifs is 3. The van der Waals surface area contributed by atoms with E-state index in [0.29, 0.717) is 0 Å². The number of nitrogens with zero attached hydrogens (tertiary/aromatic N) is 6. The van der Waals surface area contributed by atoms with Crippen LogP contribution >= 0.6 is 0 Å². The number of aromatic nitrogens is 4. The zero-order valence-electron chi connectivity index (χ0n) is 21.9. The summed E-state index contributed by atoms with van der Waals surface area (Å²) in [5, 5.41) is -0.0713. The fraction of sp³-hybridized carbons (Fsp3) is 0.267. The van der Waals surface area contributed by atoms with Gasteiger partial charge in [-0.05, 0) is 62.2 Å². The summed E-state index contributed by atoms with van der Waals surface area (Å²) in [5.74, 6) is 2.10. The van der Waals surface area contributed by atoms with E-state index in [0.717, 1.165) is 41.2 Å². The SMILES string of the molecule is CCC1(C)B2N(c3cc(-c4ccccn4)ccn3)C=CN2c2cc(-c3ccccn3)cc[n+]2C1(C)CC. The number of pyridine rings is 4. The Hall–Kier alpha value is -4.00. The predicted octanol–water partition coefficient (Wildman–Crippen LogP) is 6.09. The number of anilines is 2. The molecule has 2 atom stereocenters. The van der Waals surface area contributed by atoms with Crippen molar-refractivity contribution in [1.82, 2.24) is 15.0 Å². The average Bonchev–Trinajstić information content (AvgIpc) is 3.43. The van der Waals surface area contributed by atoms with Crippen molar-refractivity contribution in [3.05, 3.63) is 97.9 Å². The molecule has 4 aromatic rings. The van der Waals surface area contributed by atoms with Crippen LogP contribution in [0.4, 0.5) is 11.6 Å². The maximum atomic E-state index is 4.84. The van der Waals surface area contributed by atoms with E-state index in [4.69, 9.17) is 4.98 Å². The molecule has 0 aliphatic carbocycles. The maximum absolute atomic E-state index is 4.84. The highest BCUT2D eigenvalue weighted by atomic mass is 15.4. The first-order valence-corrected chi connectivity index (χ1v) is 13.1. The first kappa shape index (κ1) is 23.4. The third-order valence-corrected chi connectivity index (χ3v) is 8.80. The second-order valence-electron chi connectivity index (χ2n) is 10.4. The van der Waals surface area contributed by atoms with E-state index in [2.05, 4.69) is 94.7 Å². The Morgan fingerprint density at radius 2 is 1.43 bits per heavy atom. The van der Waals surface area contributed by atoms with Gasteiger partial charge < -0.3 is 4.81 Å². The molecule has 7 heteroatoms. The molecule has 37 heavy (non-hydrogen) atoms. The van der Waals surface area contributed by atoms with E-state index in [1.165, 1.54) is 5.82 Å². The first-order valence-electron chi connectivity index (χ1n) is 13.1. The van der Waals surface area contributed by atoms with Crippen molar-refractivity contribution in [1.29, 1.82) is 0 Å². The fourth-order valence-electron chi connectivity index (χ4n) is 6.20. The molecule has 6 nitrogen and oxygen atoms in total. The Bertz CT molecular complexity index is 1460. The van der Waals surface area contributed by atoms with Crippen molar-refractivity contribution < 1.29 is 4.57 Å². The zero-order valence-corrected chi connectivity index (χ0v) is 21.9. The lowest BCUT2D eigenvalue weighted by Gasteiger charge is -2.51. The minimum absolute atomic E-state index is 0.0713. The number of hydrogen-bond acceptors (Lipinski definition) is 5. The molecule has 0 amide bonds. The van der Waals surface area contributed by atoms with E-state index in [1.807, 2.05) is 55.0 Å². The van der Waals surface area contributed by atoms with E-state index in [1.54, 1.807) is 0 Å². The minimum Gasteiger partial charge on any atom is -0.331 e. The van der Waals surface area contributed by atoms with Crippen molar-refractivity contribution in [2.75, 3.05) is 9.62 Å². The lowest BCUT2D eigenvalue weighted by atomic mass is 9.39. The highest BCUT2D eigenvalue weighted by Crippen LogP contribution is 2.55. The monoisotopic (exact) mass is 487 g/mol. The van der Waals surface area contributed by atoms with Gasteiger partial charge in [-0.2, -0.15) is 0 Å². The van der Waals surface area contributed by atoms with Gasteiger partial charge >= 0.3 is 6.98 Å². The topological polar surface area (TPSA) is 49.0 Å². The van der Waals surface area contributed by atoms with Crippen LogP contribution in [0, 0.1) is 0 Å². The minimum atomic E-state index is -0.107. The normalized spacial score (nSPS) is 22.2. The van der Waals surface area contributed by atoms with Crippen LogP contribution in [-0.2, 0) is 5.54 Å². The Morgan fingerprint density at radius 3 is 2.05 bits per heavy atom. The van der Waals surface area contributed by atoms with Crippen LogP contribution in [-0.4, -0.2) is 21.9 Å². The molecule has 0 radical (unpaired) electrons. The van der Waals surface area contributed by atoms with Crippen molar-refractivity contribution in [3.8, 4) is 22.5 Å². The summed E-state index contributed by atoms with van der Waals surface area (Å²) in [6.45, 7) is 9.53. The van der Waals surface area contributed by atoms with Crippen molar-refractivity contribution in [2.45, 2.75) is 51.4 Å². The van der Waals surface area contributed by atoms with Gasteiger partial charge in [-0.3, -0.25) is 14.8 Å². The molecule has 0 saturated carbocycles. The molecule has 2 aliphatic rings.